The van der Waals surface area contributed by atoms with Gasteiger partial charge in [-0.1, -0.05) is 72.8 Å². The molecule has 0 fully saturated rings. The van der Waals surface area contributed by atoms with E-state index < -0.39 is 0 Å². The molecule has 1 nitrogen and oxygen atoms in total. The maximum Gasteiger partial charge on any atom is 0.143 e. The quantitative estimate of drug-likeness (QED) is 0.260. The Morgan fingerprint density at radius 2 is 1.33 bits per heavy atom. The average molecular weight is 380 g/mol. The van der Waals surface area contributed by atoms with Crippen LogP contribution in [0, 0.1) is 0 Å². The molecule has 1 heterocycles. The van der Waals surface area contributed by atoms with Crippen molar-refractivity contribution in [3.05, 3.63) is 96.1 Å². The SMILES string of the molecule is c1ccc2c(c1)-c1cccc3c4c(cc-2c13)-c1c(ccc2c1oc1ccccc12)C4. The number of hydrogen-bond donors (Lipinski definition) is 0. The molecule has 8 rings (SSSR count). The third-order valence-electron chi connectivity index (χ3n) is 7.05. The van der Waals surface area contributed by atoms with Gasteiger partial charge in [-0.2, -0.15) is 0 Å². The lowest BCUT2D eigenvalue weighted by molar-refractivity contribution is 0.670. The van der Waals surface area contributed by atoms with E-state index in [1.807, 2.05) is 6.07 Å². The number of furan rings is 1. The molecular weight excluding hydrogens is 364 g/mol. The van der Waals surface area contributed by atoms with E-state index in [0.29, 0.717) is 0 Å². The largest absolute Gasteiger partial charge is 0.455 e. The molecule has 0 radical (unpaired) electrons. The Morgan fingerprint density at radius 3 is 2.27 bits per heavy atom. The van der Waals surface area contributed by atoms with Crippen LogP contribution in [0.2, 0.25) is 0 Å². The number of fused-ring (bicyclic) bond motifs is 11. The van der Waals surface area contributed by atoms with Gasteiger partial charge in [-0.3, -0.25) is 0 Å². The first-order valence-electron chi connectivity index (χ1n) is 10.5. The smallest absolute Gasteiger partial charge is 0.143 e. The fourth-order valence-electron chi connectivity index (χ4n) is 5.81. The zero-order valence-corrected chi connectivity index (χ0v) is 16.2. The molecule has 0 aliphatic heterocycles. The van der Waals surface area contributed by atoms with E-state index in [0.717, 1.165) is 17.6 Å². The minimum Gasteiger partial charge on any atom is -0.455 e. The summed E-state index contributed by atoms with van der Waals surface area (Å²) in [5.41, 5.74) is 12.8. The second kappa shape index (κ2) is 5.01. The van der Waals surface area contributed by atoms with Crippen LogP contribution in [0.1, 0.15) is 11.1 Å². The summed E-state index contributed by atoms with van der Waals surface area (Å²) in [6, 6.07) is 30.9. The molecule has 0 bridgehead atoms. The molecule has 0 unspecified atom stereocenters. The lowest BCUT2D eigenvalue weighted by Crippen LogP contribution is -1.86. The van der Waals surface area contributed by atoms with Gasteiger partial charge in [0.1, 0.15) is 11.2 Å². The Balaban J connectivity index is 1.55. The highest BCUT2D eigenvalue weighted by atomic mass is 16.3. The van der Waals surface area contributed by atoms with Crippen LogP contribution in [0.4, 0.5) is 0 Å². The van der Waals surface area contributed by atoms with Crippen molar-refractivity contribution in [3.8, 4) is 33.4 Å². The molecule has 5 aromatic carbocycles. The van der Waals surface area contributed by atoms with E-state index in [9.17, 15) is 0 Å². The first-order valence-corrected chi connectivity index (χ1v) is 10.5. The molecular formula is C29H16O. The van der Waals surface area contributed by atoms with Gasteiger partial charge in [0.2, 0.25) is 0 Å². The Bertz CT molecular complexity index is 1710. The van der Waals surface area contributed by atoms with Crippen molar-refractivity contribution in [2.24, 2.45) is 0 Å². The first kappa shape index (κ1) is 15.1. The fraction of sp³-hybridized carbons (Fsp3) is 0.0345. The molecule has 30 heavy (non-hydrogen) atoms. The fourth-order valence-corrected chi connectivity index (χ4v) is 5.81. The van der Waals surface area contributed by atoms with Crippen LogP contribution in [0.5, 0.6) is 0 Å². The number of para-hydroxylation sites is 1. The summed E-state index contributed by atoms with van der Waals surface area (Å²) < 4.78 is 6.42. The molecule has 1 heteroatoms. The van der Waals surface area contributed by atoms with Crippen molar-refractivity contribution < 1.29 is 4.42 Å². The van der Waals surface area contributed by atoms with Crippen molar-refractivity contribution >= 4 is 32.7 Å². The summed E-state index contributed by atoms with van der Waals surface area (Å²) in [4.78, 5) is 0. The zero-order chi connectivity index (χ0) is 19.4. The Morgan fingerprint density at radius 1 is 0.567 bits per heavy atom. The lowest BCUT2D eigenvalue weighted by atomic mass is 9.94. The third kappa shape index (κ3) is 1.63. The summed E-state index contributed by atoms with van der Waals surface area (Å²) in [6.07, 6.45) is 0.966. The van der Waals surface area contributed by atoms with Crippen molar-refractivity contribution in [3.63, 3.8) is 0 Å². The lowest BCUT2D eigenvalue weighted by Gasteiger charge is -2.09. The van der Waals surface area contributed by atoms with Gasteiger partial charge < -0.3 is 4.42 Å². The second-order valence-electron chi connectivity index (χ2n) is 8.48. The molecule has 0 amide bonds. The van der Waals surface area contributed by atoms with Crippen molar-refractivity contribution in [1.82, 2.24) is 0 Å². The molecule has 1 aromatic heterocycles. The zero-order valence-electron chi connectivity index (χ0n) is 16.2. The molecule has 2 aliphatic rings. The normalized spacial score (nSPS) is 13.2. The number of benzene rings is 5. The van der Waals surface area contributed by atoms with Crippen molar-refractivity contribution in [1.29, 1.82) is 0 Å². The van der Waals surface area contributed by atoms with Gasteiger partial charge in [0.05, 0.1) is 0 Å². The summed E-state index contributed by atoms with van der Waals surface area (Å²) in [6.45, 7) is 0. The van der Waals surface area contributed by atoms with E-state index in [1.54, 1.807) is 0 Å². The van der Waals surface area contributed by atoms with E-state index in [1.165, 1.54) is 66.1 Å². The molecule has 0 saturated heterocycles. The van der Waals surface area contributed by atoms with Gasteiger partial charge in [0.25, 0.3) is 0 Å². The van der Waals surface area contributed by atoms with Crippen molar-refractivity contribution in [2.45, 2.75) is 6.42 Å². The minimum absolute atomic E-state index is 0.965. The molecule has 138 valence electrons. The highest BCUT2D eigenvalue weighted by molar-refractivity contribution is 6.20. The number of rotatable bonds is 0. The van der Waals surface area contributed by atoms with E-state index in [4.69, 9.17) is 4.42 Å². The van der Waals surface area contributed by atoms with Gasteiger partial charge in [-0.15, -0.1) is 0 Å². The second-order valence-corrected chi connectivity index (χ2v) is 8.48. The first-order chi connectivity index (χ1) is 14.9. The predicted molar refractivity (Wildman–Crippen MR) is 124 cm³/mol. The Labute approximate surface area is 173 Å². The molecule has 0 spiro atoms. The van der Waals surface area contributed by atoms with Crippen LogP contribution in [0.3, 0.4) is 0 Å². The minimum atomic E-state index is 0.965. The summed E-state index contributed by atoms with van der Waals surface area (Å²) in [5.74, 6) is 0. The van der Waals surface area contributed by atoms with Gasteiger partial charge in [-0.25, -0.2) is 0 Å². The molecule has 0 atom stereocenters. The van der Waals surface area contributed by atoms with Crippen LogP contribution in [-0.2, 0) is 6.42 Å². The topological polar surface area (TPSA) is 13.1 Å². The van der Waals surface area contributed by atoms with Crippen LogP contribution in [0.15, 0.2) is 89.3 Å². The van der Waals surface area contributed by atoms with Gasteiger partial charge in [-0.05, 0) is 68.3 Å². The van der Waals surface area contributed by atoms with Crippen LogP contribution in [0.25, 0.3) is 66.1 Å². The van der Waals surface area contributed by atoms with Crippen LogP contribution in [-0.4, -0.2) is 0 Å². The van der Waals surface area contributed by atoms with Gasteiger partial charge >= 0.3 is 0 Å². The highest BCUT2D eigenvalue weighted by Gasteiger charge is 2.30. The Hall–Kier alpha value is -3.84. The molecule has 0 saturated carbocycles. The van der Waals surface area contributed by atoms with E-state index in [2.05, 4.69) is 78.9 Å². The summed E-state index contributed by atoms with van der Waals surface area (Å²) >= 11 is 0. The monoisotopic (exact) mass is 380 g/mol. The van der Waals surface area contributed by atoms with Gasteiger partial charge in [0.15, 0.2) is 0 Å². The molecule has 0 N–H and O–H groups in total. The summed E-state index contributed by atoms with van der Waals surface area (Å²) in [5, 5.41) is 5.20. The standard InChI is InChI=1S/C29H16O/c1-2-7-18-17(6-1)20-9-5-10-21-23-14-16-12-13-22-19-8-3-4-11-26(19)30-29(22)27(16)25(23)15-24(18)28(20)21/h1-13,15H,14H2. The van der Waals surface area contributed by atoms with Gasteiger partial charge in [0, 0.05) is 16.3 Å². The third-order valence-corrected chi connectivity index (χ3v) is 7.05. The number of hydrogen-bond acceptors (Lipinski definition) is 1. The maximum atomic E-state index is 6.42. The van der Waals surface area contributed by atoms with Crippen LogP contribution >= 0.6 is 0 Å². The predicted octanol–water partition coefficient (Wildman–Crippen LogP) is 7.96. The summed E-state index contributed by atoms with van der Waals surface area (Å²) in [7, 11) is 0. The van der Waals surface area contributed by atoms with Crippen LogP contribution < -0.4 is 0 Å². The Kier molecular flexibility index (Phi) is 2.51. The maximum absolute atomic E-state index is 6.42. The van der Waals surface area contributed by atoms with E-state index in [-0.39, 0.29) is 0 Å². The molecule has 2 aliphatic carbocycles. The van der Waals surface area contributed by atoms with E-state index >= 15 is 0 Å². The average Bonchev–Trinajstić information content (AvgIpc) is 3.45. The highest BCUT2D eigenvalue weighted by Crippen LogP contribution is 2.53. The van der Waals surface area contributed by atoms with Crippen molar-refractivity contribution in [2.75, 3.05) is 0 Å². The molecule has 6 aromatic rings.